The van der Waals surface area contributed by atoms with Crippen molar-refractivity contribution in [3.05, 3.63) is 0 Å². The van der Waals surface area contributed by atoms with E-state index >= 15 is 0 Å². The standard InChI is InChI=1S/C13H25FN2O3/c1-10(11(18)8-12(15)19)2-5-16-6-3-13(14,9-17)4-7-16/h10-11,17-18H,2-9H2,1H3,(H2,15,19)/t10-,11+/m1/s1. The number of nitrogens with zero attached hydrogens (tertiary/aromatic N) is 1. The smallest absolute Gasteiger partial charge is 0.220 e. The molecule has 1 rings (SSSR count). The average Bonchev–Trinajstić information content (AvgIpc) is 2.37. The number of nitrogens with two attached hydrogens (primary N) is 1. The zero-order valence-electron chi connectivity index (χ0n) is 11.5. The van der Waals surface area contributed by atoms with Gasteiger partial charge in [0.05, 0.1) is 19.1 Å². The van der Waals surface area contributed by atoms with Crippen molar-refractivity contribution < 1.29 is 19.4 Å². The van der Waals surface area contributed by atoms with Gasteiger partial charge in [0.25, 0.3) is 0 Å². The minimum Gasteiger partial charge on any atom is -0.393 e. The molecule has 112 valence electrons. The number of amides is 1. The van der Waals surface area contributed by atoms with Gasteiger partial charge < -0.3 is 20.8 Å². The first-order chi connectivity index (χ1) is 8.86. The summed E-state index contributed by atoms with van der Waals surface area (Å²) in [6.07, 6.45) is 0.718. The van der Waals surface area contributed by atoms with Crippen LogP contribution in [0.2, 0.25) is 0 Å². The molecule has 1 aliphatic heterocycles. The summed E-state index contributed by atoms with van der Waals surface area (Å²) in [6.45, 7) is 3.48. The van der Waals surface area contributed by atoms with Crippen molar-refractivity contribution in [1.82, 2.24) is 4.90 Å². The molecule has 4 N–H and O–H groups in total. The number of likely N-dealkylation sites (tertiary alicyclic amines) is 1. The molecule has 5 nitrogen and oxygen atoms in total. The molecular formula is C13H25FN2O3. The minimum absolute atomic E-state index is 0.0117. The lowest BCUT2D eigenvalue weighted by molar-refractivity contribution is -0.120. The number of halogens is 1. The number of hydrogen-bond acceptors (Lipinski definition) is 4. The second-order valence-electron chi connectivity index (χ2n) is 5.65. The van der Waals surface area contributed by atoms with Gasteiger partial charge in [-0.1, -0.05) is 6.92 Å². The molecule has 0 bridgehead atoms. The fourth-order valence-electron chi connectivity index (χ4n) is 2.32. The molecule has 0 spiro atoms. The predicted octanol–water partition coefficient (Wildman–Crippen LogP) is 0.0453. The van der Waals surface area contributed by atoms with E-state index in [1.165, 1.54) is 0 Å². The highest BCUT2D eigenvalue weighted by Crippen LogP contribution is 2.26. The van der Waals surface area contributed by atoms with Gasteiger partial charge in [-0.3, -0.25) is 4.79 Å². The van der Waals surface area contributed by atoms with Gasteiger partial charge in [0.15, 0.2) is 0 Å². The summed E-state index contributed by atoms with van der Waals surface area (Å²) in [5, 5.41) is 18.7. The van der Waals surface area contributed by atoms with Gasteiger partial charge in [0, 0.05) is 13.1 Å². The minimum atomic E-state index is -1.42. The van der Waals surface area contributed by atoms with Crippen LogP contribution in [0.5, 0.6) is 0 Å². The van der Waals surface area contributed by atoms with Crippen LogP contribution in [0.1, 0.15) is 32.6 Å². The molecule has 1 amide bonds. The number of piperidine rings is 1. The van der Waals surface area contributed by atoms with E-state index in [2.05, 4.69) is 4.90 Å². The Morgan fingerprint density at radius 1 is 1.47 bits per heavy atom. The van der Waals surface area contributed by atoms with Crippen molar-refractivity contribution in [2.45, 2.75) is 44.4 Å². The van der Waals surface area contributed by atoms with Crippen molar-refractivity contribution in [3.63, 3.8) is 0 Å². The molecule has 1 saturated heterocycles. The fourth-order valence-corrected chi connectivity index (χ4v) is 2.32. The fraction of sp³-hybridized carbons (Fsp3) is 0.923. The van der Waals surface area contributed by atoms with Gasteiger partial charge in [-0.15, -0.1) is 0 Å². The first-order valence-electron chi connectivity index (χ1n) is 6.85. The zero-order chi connectivity index (χ0) is 14.5. The highest BCUT2D eigenvalue weighted by atomic mass is 19.1. The largest absolute Gasteiger partial charge is 0.393 e. The van der Waals surface area contributed by atoms with Crippen LogP contribution in [0.25, 0.3) is 0 Å². The van der Waals surface area contributed by atoms with Crippen LogP contribution in [0.15, 0.2) is 0 Å². The van der Waals surface area contributed by atoms with Crippen LogP contribution in [-0.4, -0.2) is 59.0 Å². The van der Waals surface area contributed by atoms with Crippen LogP contribution in [0, 0.1) is 5.92 Å². The summed E-state index contributed by atoms with van der Waals surface area (Å²) in [5.41, 5.74) is 3.62. The van der Waals surface area contributed by atoms with E-state index in [-0.39, 0.29) is 12.3 Å². The number of rotatable bonds is 7. The van der Waals surface area contributed by atoms with Crippen LogP contribution >= 0.6 is 0 Å². The monoisotopic (exact) mass is 276 g/mol. The Kier molecular flexibility index (Phi) is 6.16. The van der Waals surface area contributed by atoms with E-state index in [1.54, 1.807) is 0 Å². The Morgan fingerprint density at radius 3 is 2.53 bits per heavy atom. The van der Waals surface area contributed by atoms with Crippen molar-refractivity contribution in [2.75, 3.05) is 26.2 Å². The summed E-state index contributed by atoms with van der Waals surface area (Å²) < 4.78 is 13.8. The second kappa shape index (κ2) is 7.17. The Labute approximate surface area is 113 Å². The summed E-state index contributed by atoms with van der Waals surface area (Å²) in [5.74, 6) is -0.509. The maximum Gasteiger partial charge on any atom is 0.220 e. The molecule has 1 fully saturated rings. The summed E-state index contributed by atoms with van der Waals surface area (Å²) >= 11 is 0. The Bertz CT molecular complexity index is 294. The van der Waals surface area contributed by atoms with E-state index in [4.69, 9.17) is 10.8 Å². The van der Waals surface area contributed by atoms with E-state index in [0.29, 0.717) is 25.9 Å². The number of alkyl halides is 1. The third kappa shape index (κ3) is 5.42. The van der Waals surface area contributed by atoms with E-state index in [1.807, 2.05) is 6.92 Å². The van der Waals surface area contributed by atoms with Crippen LogP contribution in [-0.2, 0) is 4.79 Å². The van der Waals surface area contributed by atoms with Gasteiger partial charge >= 0.3 is 0 Å². The van der Waals surface area contributed by atoms with Crippen LogP contribution in [0.3, 0.4) is 0 Å². The molecule has 6 heteroatoms. The van der Waals surface area contributed by atoms with Crippen LogP contribution in [0.4, 0.5) is 4.39 Å². The molecular weight excluding hydrogens is 251 g/mol. The first kappa shape index (κ1) is 16.3. The Hall–Kier alpha value is -0.720. The van der Waals surface area contributed by atoms with Gasteiger partial charge in [-0.25, -0.2) is 4.39 Å². The van der Waals surface area contributed by atoms with Gasteiger partial charge in [0.1, 0.15) is 5.67 Å². The topological polar surface area (TPSA) is 86.8 Å². The van der Waals surface area contributed by atoms with E-state index < -0.39 is 24.3 Å². The average molecular weight is 276 g/mol. The quantitative estimate of drug-likeness (QED) is 0.613. The number of carbonyl (C=O) groups is 1. The molecule has 0 saturated carbocycles. The molecule has 19 heavy (non-hydrogen) atoms. The Morgan fingerprint density at radius 2 is 2.05 bits per heavy atom. The lowest BCUT2D eigenvalue weighted by Crippen LogP contribution is -2.44. The molecule has 0 aromatic carbocycles. The van der Waals surface area contributed by atoms with Gasteiger partial charge in [-0.05, 0) is 31.7 Å². The molecule has 1 aliphatic rings. The lowest BCUT2D eigenvalue weighted by Gasteiger charge is -2.35. The molecule has 0 aliphatic carbocycles. The number of hydrogen-bond donors (Lipinski definition) is 3. The summed E-state index contributed by atoms with van der Waals surface area (Å²) in [4.78, 5) is 12.8. The van der Waals surface area contributed by atoms with Crippen molar-refractivity contribution >= 4 is 5.91 Å². The molecule has 0 unspecified atom stereocenters. The van der Waals surface area contributed by atoms with Gasteiger partial charge in [-0.2, -0.15) is 0 Å². The predicted molar refractivity (Wildman–Crippen MR) is 70.2 cm³/mol. The molecule has 1 heterocycles. The summed E-state index contributed by atoms with van der Waals surface area (Å²) in [7, 11) is 0. The molecule has 0 radical (unpaired) electrons. The van der Waals surface area contributed by atoms with E-state index in [0.717, 1.165) is 13.0 Å². The number of aliphatic hydroxyl groups excluding tert-OH is 2. The second-order valence-corrected chi connectivity index (χ2v) is 5.65. The number of carbonyl (C=O) groups excluding carboxylic acids is 1. The normalized spacial score (nSPS) is 22.9. The molecule has 2 atom stereocenters. The van der Waals surface area contributed by atoms with Gasteiger partial charge in [0.2, 0.25) is 5.91 Å². The van der Waals surface area contributed by atoms with Crippen LogP contribution < -0.4 is 5.73 Å². The summed E-state index contributed by atoms with van der Waals surface area (Å²) in [6, 6.07) is 0. The zero-order valence-corrected chi connectivity index (χ0v) is 11.5. The Balaban J connectivity index is 2.25. The molecule has 0 aromatic rings. The highest BCUT2D eigenvalue weighted by molar-refractivity contribution is 5.74. The first-order valence-corrected chi connectivity index (χ1v) is 6.85. The third-order valence-electron chi connectivity index (χ3n) is 4.00. The molecule has 0 aromatic heterocycles. The van der Waals surface area contributed by atoms with E-state index in [9.17, 15) is 14.3 Å². The number of aliphatic hydroxyl groups is 2. The third-order valence-corrected chi connectivity index (χ3v) is 4.00. The SMILES string of the molecule is C[C@H](CCN1CCC(F)(CO)CC1)[C@@H](O)CC(N)=O. The van der Waals surface area contributed by atoms with Crippen molar-refractivity contribution in [1.29, 1.82) is 0 Å². The number of primary amides is 1. The lowest BCUT2D eigenvalue weighted by atomic mass is 9.93. The highest BCUT2D eigenvalue weighted by Gasteiger charge is 2.33. The maximum absolute atomic E-state index is 13.8. The maximum atomic E-state index is 13.8. The van der Waals surface area contributed by atoms with Crippen molar-refractivity contribution in [2.24, 2.45) is 11.7 Å². The van der Waals surface area contributed by atoms with Crippen molar-refractivity contribution in [3.8, 4) is 0 Å².